The van der Waals surface area contributed by atoms with E-state index in [4.69, 9.17) is 9.47 Å². The number of aromatic carboxylic acids is 1. The van der Waals surface area contributed by atoms with Crippen LogP contribution in [-0.2, 0) is 16.8 Å². The first-order valence-corrected chi connectivity index (χ1v) is 8.28. The van der Waals surface area contributed by atoms with E-state index in [9.17, 15) is 19.8 Å². The lowest BCUT2D eigenvalue weighted by Crippen LogP contribution is -2.38. The van der Waals surface area contributed by atoms with Gasteiger partial charge in [-0.1, -0.05) is 6.07 Å². The quantitative estimate of drug-likeness (QED) is 0.849. The summed E-state index contributed by atoms with van der Waals surface area (Å²) in [4.78, 5) is 25.3. The fourth-order valence-electron chi connectivity index (χ4n) is 3.55. The first-order valence-electron chi connectivity index (χ1n) is 8.28. The lowest BCUT2D eigenvalue weighted by Gasteiger charge is -2.26. The zero-order valence-electron chi connectivity index (χ0n) is 14.7. The van der Waals surface area contributed by atoms with Crippen LogP contribution < -0.4 is 4.74 Å². The summed E-state index contributed by atoms with van der Waals surface area (Å²) in [6, 6.07) is 3.24. The molecule has 1 atom stereocenters. The number of carbonyl (C=O) groups is 2. The summed E-state index contributed by atoms with van der Waals surface area (Å²) in [5.74, 6) is -0.661. The van der Waals surface area contributed by atoms with E-state index in [0.29, 0.717) is 31.9 Å². The fraction of sp³-hybridized carbons (Fsp3) is 0.556. The molecule has 1 unspecified atom stereocenters. The zero-order chi connectivity index (χ0) is 18.4. The Morgan fingerprint density at radius 3 is 2.68 bits per heavy atom. The predicted molar refractivity (Wildman–Crippen MR) is 88.9 cm³/mol. The largest absolute Gasteiger partial charge is 0.492 e. The van der Waals surface area contributed by atoms with Crippen LogP contribution in [0.1, 0.15) is 48.7 Å². The van der Waals surface area contributed by atoms with Gasteiger partial charge in [0.1, 0.15) is 11.4 Å². The monoisotopic (exact) mass is 349 g/mol. The summed E-state index contributed by atoms with van der Waals surface area (Å²) in [6.07, 6.45) is 0.346. The second-order valence-corrected chi connectivity index (χ2v) is 7.65. The molecule has 25 heavy (non-hydrogen) atoms. The van der Waals surface area contributed by atoms with Gasteiger partial charge in [-0.25, -0.2) is 9.59 Å². The third kappa shape index (κ3) is 3.04. The molecule has 0 aromatic heterocycles. The van der Waals surface area contributed by atoms with Gasteiger partial charge in [-0.05, 0) is 33.3 Å². The third-order valence-electron chi connectivity index (χ3n) is 4.72. The fourth-order valence-corrected chi connectivity index (χ4v) is 3.55. The van der Waals surface area contributed by atoms with E-state index >= 15 is 0 Å². The number of aliphatic hydroxyl groups is 1. The molecule has 0 radical (unpaired) electrons. The van der Waals surface area contributed by atoms with E-state index < -0.39 is 18.2 Å². The number of aliphatic hydroxyl groups excluding tert-OH is 1. The maximum Gasteiger partial charge on any atom is 0.410 e. The van der Waals surface area contributed by atoms with E-state index in [1.807, 2.05) is 20.8 Å². The second kappa shape index (κ2) is 5.91. The maximum atomic E-state index is 12.3. The number of amides is 1. The number of nitrogens with zero attached hydrogens (tertiary/aromatic N) is 1. The number of fused-ring (bicyclic) bond motifs is 2. The topological polar surface area (TPSA) is 96.3 Å². The van der Waals surface area contributed by atoms with Crippen LogP contribution in [0.5, 0.6) is 5.75 Å². The molecular weight excluding hydrogens is 326 g/mol. The Kier molecular flexibility index (Phi) is 4.15. The van der Waals surface area contributed by atoms with Gasteiger partial charge >= 0.3 is 12.1 Å². The highest BCUT2D eigenvalue weighted by Gasteiger charge is 2.49. The van der Waals surface area contributed by atoms with Crippen molar-refractivity contribution >= 4 is 12.1 Å². The SMILES string of the molecule is CC(C)(C)OC(=O)N1CCC2(COc3c2ccc(C(=O)O)c3CO)C1. The first-order chi connectivity index (χ1) is 11.7. The third-order valence-corrected chi connectivity index (χ3v) is 4.72. The second-order valence-electron chi connectivity index (χ2n) is 7.65. The Morgan fingerprint density at radius 2 is 2.08 bits per heavy atom. The van der Waals surface area contributed by atoms with Crippen molar-refractivity contribution in [1.82, 2.24) is 4.90 Å². The van der Waals surface area contributed by atoms with E-state index in [-0.39, 0.29) is 22.6 Å². The Labute approximate surface area is 146 Å². The molecule has 7 nitrogen and oxygen atoms in total. The summed E-state index contributed by atoms with van der Waals surface area (Å²) >= 11 is 0. The number of rotatable bonds is 2. The van der Waals surface area contributed by atoms with Crippen molar-refractivity contribution in [3.05, 3.63) is 28.8 Å². The minimum atomic E-state index is -1.10. The van der Waals surface area contributed by atoms with E-state index in [1.54, 1.807) is 11.0 Å². The molecule has 0 saturated carbocycles. The molecule has 0 bridgehead atoms. The van der Waals surface area contributed by atoms with Gasteiger partial charge in [-0.2, -0.15) is 0 Å². The molecule has 2 aliphatic rings. The van der Waals surface area contributed by atoms with Gasteiger partial charge < -0.3 is 24.6 Å². The Balaban J connectivity index is 1.88. The summed E-state index contributed by atoms with van der Waals surface area (Å²) in [5.41, 5.74) is 0.246. The summed E-state index contributed by atoms with van der Waals surface area (Å²) < 4.78 is 11.2. The molecule has 136 valence electrons. The van der Waals surface area contributed by atoms with Crippen molar-refractivity contribution in [3.63, 3.8) is 0 Å². The van der Waals surface area contributed by atoms with Crippen LogP contribution >= 0.6 is 0 Å². The van der Waals surface area contributed by atoms with Crippen molar-refractivity contribution in [3.8, 4) is 5.75 Å². The number of hydrogen-bond donors (Lipinski definition) is 2. The zero-order valence-corrected chi connectivity index (χ0v) is 14.7. The summed E-state index contributed by atoms with van der Waals surface area (Å²) in [7, 11) is 0. The van der Waals surface area contributed by atoms with E-state index in [1.165, 1.54) is 6.07 Å². The Bertz CT molecular complexity index is 723. The Hall–Kier alpha value is -2.28. The molecule has 1 aromatic rings. The van der Waals surface area contributed by atoms with Crippen molar-refractivity contribution in [2.75, 3.05) is 19.7 Å². The standard InChI is InChI=1S/C18H23NO6/c1-17(2,3)25-16(23)19-7-6-18(9-19)10-24-14-12(8-20)11(15(21)22)4-5-13(14)18/h4-5,20H,6-10H2,1-3H3,(H,21,22). The number of hydrogen-bond acceptors (Lipinski definition) is 5. The average Bonchev–Trinajstić information content (AvgIpc) is 3.10. The minimum absolute atomic E-state index is 0.0419. The van der Waals surface area contributed by atoms with Gasteiger partial charge in [0, 0.05) is 24.2 Å². The van der Waals surface area contributed by atoms with Crippen LogP contribution in [0.2, 0.25) is 0 Å². The average molecular weight is 349 g/mol. The van der Waals surface area contributed by atoms with Crippen LogP contribution in [0.3, 0.4) is 0 Å². The summed E-state index contributed by atoms with van der Waals surface area (Å²) in [5, 5.41) is 18.9. The lowest BCUT2D eigenvalue weighted by atomic mass is 9.80. The van der Waals surface area contributed by atoms with Crippen LogP contribution in [0.4, 0.5) is 4.79 Å². The van der Waals surface area contributed by atoms with Crippen LogP contribution in [0.15, 0.2) is 12.1 Å². The normalized spacial score (nSPS) is 22.0. The highest BCUT2D eigenvalue weighted by Crippen LogP contribution is 2.47. The van der Waals surface area contributed by atoms with Crippen LogP contribution in [-0.4, -0.2) is 52.5 Å². The molecule has 1 spiro atoms. The van der Waals surface area contributed by atoms with Gasteiger partial charge in [0.2, 0.25) is 0 Å². The molecule has 3 rings (SSSR count). The van der Waals surface area contributed by atoms with Gasteiger partial charge in [0.05, 0.1) is 24.2 Å². The van der Waals surface area contributed by atoms with E-state index in [2.05, 4.69) is 0 Å². The predicted octanol–water partition coefficient (Wildman–Crippen LogP) is 2.15. The number of ether oxygens (including phenoxy) is 2. The van der Waals surface area contributed by atoms with Gasteiger partial charge in [0.15, 0.2) is 0 Å². The van der Waals surface area contributed by atoms with Crippen LogP contribution in [0, 0.1) is 0 Å². The molecular formula is C18H23NO6. The Morgan fingerprint density at radius 1 is 1.36 bits per heavy atom. The highest BCUT2D eigenvalue weighted by molar-refractivity contribution is 5.90. The number of carboxylic acid groups (broad SMARTS) is 1. The van der Waals surface area contributed by atoms with Crippen molar-refractivity contribution in [2.24, 2.45) is 0 Å². The highest BCUT2D eigenvalue weighted by atomic mass is 16.6. The van der Waals surface area contributed by atoms with Crippen molar-refractivity contribution < 1.29 is 29.3 Å². The molecule has 1 aromatic carbocycles. The first kappa shape index (κ1) is 17.5. The molecule has 0 aliphatic carbocycles. The number of carbonyl (C=O) groups excluding carboxylic acids is 1. The minimum Gasteiger partial charge on any atom is -0.492 e. The molecule has 2 N–H and O–H groups in total. The maximum absolute atomic E-state index is 12.3. The number of carboxylic acids is 1. The van der Waals surface area contributed by atoms with Crippen LogP contribution in [0.25, 0.3) is 0 Å². The molecule has 1 amide bonds. The van der Waals surface area contributed by atoms with Gasteiger partial charge in [-0.3, -0.25) is 0 Å². The van der Waals surface area contributed by atoms with Gasteiger partial charge in [0.25, 0.3) is 0 Å². The van der Waals surface area contributed by atoms with E-state index in [0.717, 1.165) is 5.56 Å². The van der Waals surface area contributed by atoms with Gasteiger partial charge in [-0.15, -0.1) is 0 Å². The molecule has 2 aliphatic heterocycles. The van der Waals surface area contributed by atoms with Crippen molar-refractivity contribution in [1.29, 1.82) is 0 Å². The smallest absolute Gasteiger partial charge is 0.410 e. The number of likely N-dealkylation sites (tertiary alicyclic amines) is 1. The van der Waals surface area contributed by atoms with Crippen molar-refractivity contribution in [2.45, 2.75) is 44.8 Å². The molecule has 1 saturated heterocycles. The molecule has 1 fully saturated rings. The summed E-state index contributed by atoms with van der Waals surface area (Å²) in [6.45, 7) is 6.43. The molecule has 7 heteroatoms. The molecule has 2 heterocycles. The number of benzene rings is 1. The lowest BCUT2D eigenvalue weighted by molar-refractivity contribution is 0.0282.